The summed E-state index contributed by atoms with van der Waals surface area (Å²) in [4.78, 5) is 23.5. The lowest BCUT2D eigenvalue weighted by Gasteiger charge is -2.27. The summed E-state index contributed by atoms with van der Waals surface area (Å²) in [5, 5.41) is 25.0. The maximum Gasteiger partial charge on any atom is 0.315 e. The number of amides is 2. The molecule has 2 fully saturated rings. The fourth-order valence-electron chi connectivity index (χ4n) is 6.60. The van der Waals surface area contributed by atoms with Crippen molar-refractivity contribution in [2.24, 2.45) is 0 Å². The number of aromatic nitrogens is 6. The Morgan fingerprint density at radius 3 is 1.50 bits per heavy atom. The van der Waals surface area contributed by atoms with Crippen molar-refractivity contribution in [1.29, 1.82) is 0 Å². The Labute approximate surface area is 270 Å². The lowest BCUT2D eigenvalue weighted by Crippen LogP contribution is -2.36. The molecular formula is C33H48N10O3. The maximum absolute atomic E-state index is 13.4. The fraction of sp³-hybridized carbons (Fsp3) is 0.606. The van der Waals surface area contributed by atoms with E-state index < -0.39 is 0 Å². The van der Waals surface area contributed by atoms with Crippen molar-refractivity contribution in [3.63, 3.8) is 0 Å². The van der Waals surface area contributed by atoms with Gasteiger partial charge >= 0.3 is 6.03 Å². The zero-order valence-electron chi connectivity index (χ0n) is 27.6. The molecule has 4 aromatic heterocycles. The molecule has 0 atom stereocenters. The van der Waals surface area contributed by atoms with Crippen LogP contribution in [0.5, 0.6) is 0 Å². The van der Waals surface area contributed by atoms with Crippen molar-refractivity contribution in [3.8, 4) is 0 Å². The van der Waals surface area contributed by atoms with Crippen LogP contribution in [0.4, 0.5) is 16.2 Å². The van der Waals surface area contributed by atoms with Crippen LogP contribution in [-0.2, 0) is 48.5 Å². The molecule has 0 radical (unpaired) electrons. The zero-order chi connectivity index (χ0) is 32.0. The van der Waals surface area contributed by atoms with Gasteiger partial charge in [-0.1, -0.05) is 13.8 Å². The van der Waals surface area contributed by atoms with Crippen LogP contribution in [0.2, 0.25) is 0 Å². The van der Waals surface area contributed by atoms with Gasteiger partial charge in [0.15, 0.2) is 11.3 Å². The summed E-state index contributed by atoms with van der Waals surface area (Å²) in [5.41, 5.74) is 7.66. The van der Waals surface area contributed by atoms with Crippen molar-refractivity contribution >= 4 is 39.5 Å². The van der Waals surface area contributed by atoms with Gasteiger partial charge in [0.25, 0.3) is 0 Å². The number of urea groups is 1. The monoisotopic (exact) mass is 632 g/mol. The SMILES string of the molecule is CCc1nc2c(cnn2CC)c(NC2CCOCC2)c1CNC(=O)NCc1c(CC)nc2c(cnn2CC)c1NC1CCOCC1. The predicted molar refractivity (Wildman–Crippen MR) is 179 cm³/mol. The number of hydrogen-bond donors (Lipinski definition) is 4. The number of nitrogens with one attached hydrogen (secondary N) is 4. The van der Waals surface area contributed by atoms with Crippen molar-refractivity contribution in [2.45, 2.75) is 104 Å². The molecule has 6 heterocycles. The molecule has 6 rings (SSSR count). The number of nitrogens with zero attached hydrogens (tertiary/aromatic N) is 6. The highest BCUT2D eigenvalue weighted by Gasteiger charge is 2.24. The Morgan fingerprint density at radius 2 is 1.13 bits per heavy atom. The van der Waals surface area contributed by atoms with Crippen LogP contribution in [0, 0.1) is 0 Å². The van der Waals surface area contributed by atoms with Gasteiger partial charge in [-0.3, -0.25) is 0 Å². The van der Waals surface area contributed by atoms with Gasteiger partial charge in [0.05, 0.1) is 34.5 Å². The quantitative estimate of drug-likeness (QED) is 0.177. The van der Waals surface area contributed by atoms with Crippen molar-refractivity contribution in [3.05, 3.63) is 34.9 Å². The van der Waals surface area contributed by atoms with E-state index in [1.165, 1.54) is 0 Å². The first-order valence-electron chi connectivity index (χ1n) is 17.0. The molecule has 2 aliphatic heterocycles. The van der Waals surface area contributed by atoms with Gasteiger partial charge in [0, 0.05) is 87.2 Å². The number of hydrogen-bond acceptors (Lipinski definition) is 9. The Hall–Kier alpha value is -3.97. The van der Waals surface area contributed by atoms with Crippen LogP contribution < -0.4 is 21.3 Å². The Balaban J connectivity index is 1.24. The molecule has 2 saturated heterocycles. The summed E-state index contributed by atoms with van der Waals surface area (Å²) in [6.45, 7) is 13.5. The van der Waals surface area contributed by atoms with E-state index in [9.17, 15) is 4.79 Å². The molecule has 13 nitrogen and oxygen atoms in total. The number of ether oxygens (including phenoxy) is 2. The molecule has 0 aliphatic carbocycles. The highest BCUT2D eigenvalue weighted by atomic mass is 16.5. The average Bonchev–Trinajstić information content (AvgIpc) is 3.71. The highest BCUT2D eigenvalue weighted by Crippen LogP contribution is 2.33. The van der Waals surface area contributed by atoms with Gasteiger partial charge in [-0.15, -0.1) is 0 Å². The van der Waals surface area contributed by atoms with Gasteiger partial charge in [-0.2, -0.15) is 10.2 Å². The van der Waals surface area contributed by atoms with Gasteiger partial charge < -0.3 is 30.7 Å². The van der Waals surface area contributed by atoms with E-state index in [-0.39, 0.29) is 18.1 Å². The first kappa shape index (κ1) is 32.0. The molecule has 13 heteroatoms. The lowest BCUT2D eigenvalue weighted by molar-refractivity contribution is 0.0903. The first-order chi connectivity index (χ1) is 22.5. The van der Waals surface area contributed by atoms with Crippen LogP contribution in [0.25, 0.3) is 22.1 Å². The minimum Gasteiger partial charge on any atom is -0.381 e. The molecular weight excluding hydrogens is 584 g/mol. The van der Waals surface area contributed by atoms with Crippen molar-refractivity contribution in [1.82, 2.24) is 40.2 Å². The van der Waals surface area contributed by atoms with Crippen LogP contribution in [0.3, 0.4) is 0 Å². The molecule has 4 N–H and O–H groups in total. The molecule has 46 heavy (non-hydrogen) atoms. The van der Waals surface area contributed by atoms with Crippen LogP contribution in [0.15, 0.2) is 12.4 Å². The number of fused-ring (bicyclic) bond motifs is 2. The van der Waals surface area contributed by atoms with E-state index in [1.54, 1.807) is 0 Å². The third-order valence-corrected chi connectivity index (χ3v) is 9.20. The highest BCUT2D eigenvalue weighted by molar-refractivity contribution is 5.93. The van der Waals surface area contributed by atoms with Crippen LogP contribution >= 0.6 is 0 Å². The topological polar surface area (TPSA) is 145 Å². The normalized spacial score (nSPS) is 16.3. The van der Waals surface area contributed by atoms with Gasteiger partial charge in [-0.05, 0) is 52.4 Å². The largest absolute Gasteiger partial charge is 0.381 e. The van der Waals surface area contributed by atoms with Crippen LogP contribution in [0.1, 0.15) is 75.9 Å². The van der Waals surface area contributed by atoms with Crippen molar-refractivity contribution < 1.29 is 14.3 Å². The number of rotatable bonds is 12. The zero-order valence-corrected chi connectivity index (χ0v) is 27.6. The van der Waals surface area contributed by atoms with E-state index in [0.29, 0.717) is 13.1 Å². The Kier molecular flexibility index (Phi) is 10.2. The minimum absolute atomic E-state index is 0.244. The Morgan fingerprint density at radius 1 is 0.717 bits per heavy atom. The molecule has 0 spiro atoms. The smallest absolute Gasteiger partial charge is 0.315 e. The number of carbonyl (C=O) groups excluding carboxylic acids is 1. The standard InChI is InChI=1S/C33H48N10O3/c1-5-27-23(29(38-21-9-13-45-14-10-21)25-19-36-42(7-3)31(25)40-27)17-34-33(44)35-18-24-28(6-2)41-32-26(20-37-43(32)8-4)30(24)39-22-11-15-46-16-12-22/h19-22H,5-18H2,1-4H3,(H,38,40)(H,39,41)(H2,34,35,44). The predicted octanol–water partition coefficient (Wildman–Crippen LogP) is 4.52. The molecule has 2 aliphatic rings. The molecule has 0 aromatic carbocycles. The van der Waals surface area contributed by atoms with E-state index in [0.717, 1.165) is 134 Å². The van der Waals surface area contributed by atoms with Gasteiger partial charge in [0.1, 0.15) is 0 Å². The second-order valence-electron chi connectivity index (χ2n) is 12.0. The number of anilines is 2. The number of carbonyl (C=O) groups is 1. The fourth-order valence-corrected chi connectivity index (χ4v) is 6.60. The van der Waals surface area contributed by atoms with E-state index >= 15 is 0 Å². The van der Waals surface area contributed by atoms with Crippen LogP contribution in [-0.4, -0.2) is 74.1 Å². The van der Waals surface area contributed by atoms with Gasteiger partial charge in [-0.25, -0.2) is 24.1 Å². The summed E-state index contributed by atoms with van der Waals surface area (Å²) in [6.07, 6.45) is 8.98. The third kappa shape index (κ3) is 6.61. The second kappa shape index (κ2) is 14.6. The van der Waals surface area contributed by atoms with Gasteiger partial charge in [0.2, 0.25) is 0 Å². The minimum atomic E-state index is -0.244. The molecule has 248 valence electrons. The molecule has 0 saturated carbocycles. The summed E-state index contributed by atoms with van der Waals surface area (Å²) >= 11 is 0. The molecule has 2 amide bonds. The molecule has 0 unspecified atom stereocenters. The lowest BCUT2D eigenvalue weighted by atomic mass is 10.0. The summed E-state index contributed by atoms with van der Waals surface area (Å²) in [5.74, 6) is 0. The number of pyridine rings is 2. The summed E-state index contributed by atoms with van der Waals surface area (Å²) in [6, 6.07) is 0.331. The molecule has 0 bridgehead atoms. The third-order valence-electron chi connectivity index (χ3n) is 9.20. The maximum atomic E-state index is 13.4. The first-order valence-corrected chi connectivity index (χ1v) is 17.0. The van der Waals surface area contributed by atoms with Crippen molar-refractivity contribution in [2.75, 3.05) is 37.1 Å². The average molecular weight is 633 g/mol. The Bertz CT molecular complexity index is 1530. The second-order valence-corrected chi connectivity index (χ2v) is 12.0. The van der Waals surface area contributed by atoms with E-state index in [4.69, 9.17) is 19.4 Å². The summed E-state index contributed by atoms with van der Waals surface area (Å²) in [7, 11) is 0. The van der Waals surface area contributed by atoms with E-state index in [2.05, 4.69) is 59.2 Å². The molecule has 4 aromatic rings. The number of aryl methyl sites for hydroxylation is 4. The summed E-state index contributed by atoms with van der Waals surface area (Å²) < 4.78 is 15.1. The van der Waals surface area contributed by atoms with E-state index in [1.807, 2.05) is 21.8 Å².